The second-order valence-electron chi connectivity index (χ2n) is 5.35. The minimum absolute atomic E-state index is 0.373. The van der Waals surface area contributed by atoms with Crippen molar-refractivity contribution in [2.24, 2.45) is 0 Å². The topological polar surface area (TPSA) is 54.7 Å². The number of rotatable bonds is 5. The van der Waals surface area contributed by atoms with E-state index in [0.29, 0.717) is 5.69 Å². The second-order valence-corrected chi connectivity index (χ2v) is 5.35. The fourth-order valence-electron chi connectivity index (χ4n) is 2.91. The molecule has 1 aromatic carbocycles. The number of aryl methyl sites for hydroxylation is 1. The molecule has 0 aliphatic carbocycles. The Bertz CT molecular complexity index is 629. The summed E-state index contributed by atoms with van der Waals surface area (Å²) in [5.74, 6) is -0.863. The number of para-hydroxylation sites is 1. The number of aromatic carboxylic acids is 1. The highest BCUT2D eigenvalue weighted by Crippen LogP contribution is 2.20. The molecule has 0 amide bonds. The molecule has 112 valence electrons. The van der Waals surface area contributed by atoms with E-state index in [4.69, 9.17) is 4.74 Å². The first kappa shape index (κ1) is 14.1. The molecule has 1 aliphatic rings. The van der Waals surface area contributed by atoms with Crippen LogP contribution in [0.5, 0.6) is 0 Å². The van der Waals surface area contributed by atoms with Gasteiger partial charge in [0, 0.05) is 37.1 Å². The van der Waals surface area contributed by atoms with Gasteiger partial charge in [-0.3, -0.25) is 4.90 Å². The van der Waals surface area contributed by atoms with E-state index in [1.54, 1.807) is 6.07 Å². The van der Waals surface area contributed by atoms with E-state index < -0.39 is 5.97 Å². The van der Waals surface area contributed by atoms with Crippen LogP contribution in [0.1, 0.15) is 16.9 Å². The molecule has 0 atom stereocenters. The molecule has 3 rings (SSSR count). The van der Waals surface area contributed by atoms with E-state index in [9.17, 15) is 9.90 Å². The number of hydrogen-bond donors (Lipinski definition) is 1. The van der Waals surface area contributed by atoms with Crippen molar-refractivity contribution in [3.05, 3.63) is 36.0 Å². The smallest absolute Gasteiger partial charge is 0.352 e. The van der Waals surface area contributed by atoms with Crippen molar-refractivity contribution in [1.29, 1.82) is 0 Å². The van der Waals surface area contributed by atoms with Crippen LogP contribution in [0.3, 0.4) is 0 Å². The van der Waals surface area contributed by atoms with Crippen LogP contribution in [0.15, 0.2) is 30.3 Å². The molecule has 0 spiro atoms. The minimum Gasteiger partial charge on any atom is -0.477 e. The van der Waals surface area contributed by atoms with Crippen LogP contribution in [0, 0.1) is 0 Å². The molecule has 1 aliphatic heterocycles. The average molecular weight is 288 g/mol. The molecular weight excluding hydrogens is 268 g/mol. The third kappa shape index (κ3) is 3.09. The Labute approximate surface area is 123 Å². The van der Waals surface area contributed by atoms with Crippen molar-refractivity contribution in [2.45, 2.75) is 13.0 Å². The zero-order valence-corrected chi connectivity index (χ0v) is 12.0. The number of fused-ring (bicyclic) bond motifs is 1. The van der Waals surface area contributed by atoms with Gasteiger partial charge in [-0.05, 0) is 18.6 Å². The summed E-state index contributed by atoms with van der Waals surface area (Å²) in [6.45, 7) is 5.25. The molecular formula is C16H20N2O3. The summed E-state index contributed by atoms with van der Waals surface area (Å²) in [5, 5.41) is 10.4. The van der Waals surface area contributed by atoms with Gasteiger partial charge in [0.25, 0.3) is 0 Å². The molecule has 21 heavy (non-hydrogen) atoms. The first-order valence-corrected chi connectivity index (χ1v) is 7.37. The highest BCUT2D eigenvalue weighted by Gasteiger charge is 2.15. The summed E-state index contributed by atoms with van der Waals surface area (Å²) in [6, 6.07) is 9.58. The standard InChI is InChI=1S/C16H20N2O3/c19-16(20)15-12-13-4-1-2-5-14(13)18(15)7-3-6-17-8-10-21-11-9-17/h1-2,4-5,12H,3,6-11H2,(H,19,20). The van der Waals surface area contributed by atoms with Crippen LogP contribution >= 0.6 is 0 Å². The highest BCUT2D eigenvalue weighted by molar-refractivity contribution is 5.94. The molecule has 0 unspecified atom stereocenters. The van der Waals surface area contributed by atoms with Crippen LogP contribution in [0.2, 0.25) is 0 Å². The van der Waals surface area contributed by atoms with Crippen molar-refractivity contribution >= 4 is 16.9 Å². The van der Waals surface area contributed by atoms with E-state index in [1.165, 1.54) is 0 Å². The lowest BCUT2D eigenvalue weighted by atomic mass is 10.2. The van der Waals surface area contributed by atoms with E-state index in [-0.39, 0.29) is 0 Å². The van der Waals surface area contributed by atoms with Crippen molar-refractivity contribution in [1.82, 2.24) is 9.47 Å². The maximum Gasteiger partial charge on any atom is 0.352 e. The molecule has 5 nitrogen and oxygen atoms in total. The van der Waals surface area contributed by atoms with Gasteiger partial charge in [-0.25, -0.2) is 4.79 Å². The summed E-state index contributed by atoms with van der Waals surface area (Å²) in [7, 11) is 0. The summed E-state index contributed by atoms with van der Waals surface area (Å²) in [6.07, 6.45) is 0.943. The van der Waals surface area contributed by atoms with Crippen molar-refractivity contribution in [3.8, 4) is 0 Å². The summed E-state index contributed by atoms with van der Waals surface area (Å²) < 4.78 is 7.25. The molecule has 1 aromatic heterocycles. The maximum absolute atomic E-state index is 11.4. The normalized spacial score (nSPS) is 16.4. The lowest BCUT2D eigenvalue weighted by molar-refractivity contribution is 0.0369. The number of nitrogens with zero attached hydrogens (tertiary/aromatic N) is 2. The van der Waals surface area contributed by atoms with E-state index in [2.05, 4.69) is 4.90 Å². The predicted octanol–water partition coefficient (Wildman–Crippen LogP) is 2.06. The van der Waals surface area contributed by atoms with Crippen LogP contribution in [-0.4, -0.2) is 53.4 Å². The molecule has 0 bridgehead atoms. The highest BCUT2D eigenvalue weighted by atomic mass is 16.5. The first-order chi connectivity index (χ1) is 10.3. The Morgan fingerprint density at radius 1 is 1.19 bits per heavy atom. The Hall–Kier alpha value is -1.85. The van der Waals surface area contributed by atoms with Crippen molar-refractivity contribution < 1.29 is 14.6 Å². The fourth-order valence-corrected chi connectivity index (χ4v) is 2.91. The number of benzene rings is 1. The number of hydrogen-bond acceptors (Lipinski definition) is 3. The lowest BCUT2D eigenvalue weighted by Gasteiger charge is -2.26. The number of carboxylic acids is 1. The molecule has 1 saturated heterocycles. The number of carboxylic acid groups (broad SMARTS) is 1. The van der Waals surface area contributed by atoms with Gasteiger partial charge >= 0.3 is 5.97 Å². The number of carbonyl (C=O) groups is 1. The molecule has 1 fully saturated rings. The minimum atomic E-state index is -0.863. The van der Waals surface area contributed by atoms with Gasteiger partial charge in [0.2, 0.25) is 0 Å². The fraction of sp³-hybridized carbons (Fsp3) is 0.438. The molecule has 2 heterocycles. The third-order valence-electron chi connectivity index (χ3n) is 3.99. The summed E-state index contributed by atoms with van der Waals surface area (Å²) in [5.41, 5.74) is 1.37. The van der Waals surface area contributed by atoms with Gasteiger partial charge in [-0.1, -0.05) is 18.2 Å². The van der Waals surface area contributed by atoms with Crippen LogP contribution in [-0.2, 0) is 11.3 Å². The maximum atomic E-state index is 11.4. The van der Waals surface area contributed by atoms with E-state index >= 15 is 0 Å². The summed E-state index contributed by atoms with van der Waals surface area (Å²) in [4.78, 5) is 13.8. The molecule has 0 radical (unpaired) electrons. The zero-order valence-electron chi connectivity index (χ0n) is 12.0. The third-order valence-corrected chi connectivity index (χ3v) is 3.99. The Kier molecular flexibility index (Phi) is 4.22. The molecule has 5 heteroatoms. The monoisotopic (exact) mass is 288 g/mol. The van der Waals surface area contributed by atoms with Crippen molar-refractivity contribution in [3.63, 3.8) is 0 Å². The number of aromatic nitrogens is 1. The quantitative estimate of drug-likeness (QED) is 0.915. The zero-order chi connectivity index (χ0) is 14.7. The van der Waals surface area contributed by atoms with E-state index in [0.717, 1.165) is 56.7 Å². The van der Waals surface area contributed by atoms with Gasteiger partial charge in [-0.2, -0.15) is 0 Å². The molecule has 0 saturated carbocycles. The van der Waals surface area contributed by atoms with Crippen LogP contribution in [0.4, 0.5) is 0 Å². The Morgan fingerprint density at radius 3 is 2.71 bits per heavy atom. The van der Waals surface area contributed by atoms with Crippen LogP contribution in [0.25, 0.3) is 10.9 Å². The van der Waals surface area contributed by atoms with Gasteiger partial charge < -0.3 is 14.4 Å². The SMILES string of the molecule is O=C(O)c1cc2ccccc2n1CCCN1CCOCC1. The Balaban J connectivity index is 1.72. The Morgan fingerprint density at radius 2 is 1.95 bits per heavy atom. The van der Waals surface area contributed by atoms with Crippen LogP contribution < -0.4 is 0 Å². The van der Waals surface area contributed by atoms with E-state index in [1.807, 2.05) is 28.8 Å². The molecule has 2 aromatic rings. The number of ether oxygens (including phenoxy) is 1. The first-order valence-electron chi connectivity index (χ1n) is 7.37. The second kappa shape index (κ2) is 6.28. The molecule has 1 N–H and O–H groups in total. The van der Waals surface area contributed by atoms with Crippen molar-refractivity contribution in [2.75, 3.05) is 32.8 Å². The van der Waals surface area contributed by atoms with Gasteiger partial charge in [0.05, 0.1) is 13.2 Å². The number of morpholine rings is 1. The van der Waals surface area contributed by atoms with Gasteiger partial charge in [0.1, 0.15) is 5.69 Å². The largest absolute Gasteiger partial charge is 0.477 e. The average Bonchev–Trinajstić information content (AvgIpc) is 2.88. The lowest BCUT2D eigenvalue weighted by Crippen LogP contribution is -2.37. The predicted molar refractivity (Wildman–Crippen MR) is 80.8 cm³/mol. The van der Waals surface area contributed by atoms with Gasteiger partial charge in [0.15, 0.2) is 0 Å². The summed E-state index contributed by atoms with van der Waals surface area (Å²) >= 11 is 0. The van der Waals surface area contributed by atoms with Gasteiger partial charge in [-0.15, -0.1) is 0 Å².